The van der Waals surface area contributed by atoms with Crippen molar-refractivity contribution in [3.05, 3.63) is 29.8 Å². The van der Waals surface area contributed by atoms with E-state index in [0.717, 1.165) is 37.1 Å². The van der Waals surface area contributed by atoms with Crippen LogP contribution in [0.2, 0.25) is 0 Å². The van der Waals surface area contributed by atoms with Crippen LogP contribution in [0.5, 0.6) is 11.8 Å². The van der Waals surface area contributed by atoms with Gasteiger partial charge in [-0.2, -0.15) is 15.0 Å². The molecular weight excluding hydrogens is 320 g/mol. The number of fused-ring (bicyclic) bond motifs is 3. The van der Waals surface area contributed by atoms with Gasteiger partial charge in [-0.3, -0.25) is 4.57 Å². The van der Waals surface area contributed by atoms with Crippen molar-refractivity contribution in [2.75, 3.05) is 24.2 Å². The topological polar surface area (TPSA) is 111 Å². The minimum Gasteiger partial charge on any atom is -0.494 e. The number of imidazole rings is 1. The second kappa shape index (κ2) is 6.46. The predicted octanol–water partition coefficient (Wildman–Crippen LogP) is 2.14. The second-order valence-corrected chi connectivity index (χ2v) is 6.09. The highest BCUT2D eigenvalue weighted by Crippen LogP contribution is 2.26. The van der Waals surface area contributed by atoms with E-state index in [1.807, 2.05) is 24.3 Å². The molecule has 4 bridgehead atoms. The van der Waals surface area contributed by atoms with Gasteiger partial charge < -0.3 is 20.9 Å². The molecule has 25 heavy (non-hydrogen) atoms. The van der Waals surface area contributed by atoms with Gasteiger partial charge in [0.1, 0.15) is 5.75 Å². The smallest absolute Gasteiger partial charge is 0.296 e. The largest absolute Gasteiger partial charge is 0.494 e. The fourth-order valence-corrected chi connectivity index (χ4v) is 2.95. The Kier molecular flexibility index (Phi) is 4.01. The van der Waals surface area contributed by atoms with Crippen molar-refractivity contribution in [1.29, 1.82) is 0 Å². The van der Waals surface area contributed by atoms with Gasteiger partial charge in [0.2, 0.25) is 5.95 Å². The lowest BCUT2D eigenvalue weighted by Gasteiger charge is -2.09. The van der Waals surface area contributed by atoms with Crippen LogP contribution in [-0.4, -0.2) is 37.8 Å². The summed E-state index contributed by atoms with van der Waals surface area (Å²) in [4.78, 5) is 12.8. The molecule has 8 nitrogen and oxygen atoms in total. The molecule has 8 heteroatoms. The maximum absolute atomic E-state index is 10.2. The molecule has 3 heterocycles. The van der Waals surface area contributed by atoms with Crippen LogP contribution >= 0.6 is 0 Å². The molecule has 0 radical (unpaired) electrons. The van der Waals surface area contributed by atoms with Gasteiger partial charge in [-0.15, -0.1) is 0 Å². The second-order valence-electron chi connectivity index (χ2n) is 6.09. The van der Waals surface area contributed by atoms with Crippen LogP contribution < -0.4 is 15.8 Å². The number of nitrogens with one attached hydrogen (secondary N) is 1. The molecule has 130 valence electrons. The molecule has 4 N–H and O–H groups in total. The normalized spacial score (nSPS) is 15.2. The number of aromatic hydroxyl groups is 1. The first kappa shape index (κ1) is 15.5. The lowest BCUT2D eigenvalue weighted by Crippen LogP contribution is -2.09. The summed E-state index contributed by atoms with van der Waals surface area (Å²) in [6.07, 6.45) is 3.01. The molecule has 0 spiro atoms. The quantitative estimate of drug-likeness (QED) is 0.575. The minimum atomic E-state index is -0.135. The molecule has 0 atom stereocenters. The van der Waals surface area contributed by atoms with Gasteiger partial charge in [-0.25, -0.2) is 0 Å². The van der Waals surface area contributed by atoms with Gasteiger partial charge in [-0.1, -0.05) is 12.1 Å². The summed E-state index contributed by atoms with van der Waals surface area (Å²) >= 11 is 0. The molecule has 0 amide bonds. The van der Waals surface area contributed by atoms with Gasteiger partial charge in [0.25, 0.3) is 6.01 Å². The summed E-state index contributed by atoms with van der Waals surface area (Å²) in [6, 6.07) is 7.68. The molecule has 1 aliphatic heterocycles. The summed E-state index contributed by atoms with van der Waals surface area (Å²) in [6.45, 7) is 1.84. The SMILES string of the molecule is Nc1nc2nc3c1nc(O)n3Cc1cccc(c1)OCCCCCN2. The fraction of sp³-hybridized carbons (Fsp3) is 0.353. The van der Waals surface area contributed by atoms with E-state index >= 15 is 0 Å². The van der Waals surface area contributed by atoms with E-state index < -0.39 is 0 Å². The Morgan fingerprint density at radius 3 is 3.00 bits per heavy atom. The van der Waals surface area contributed by atoms with Crippen molar-refractivity contribution in [2.45, 2.75) is 25.8 Å². The van der Waals surface area contributed by atoms with Crippen LogP contribution in [-0.2, 0) is 6.54 Å². The molecule has 0 saturated heterocycles. The van der Waals surface area contributed by atoms with Crippen LogP contribution in [0.3, 0.4) is 0 Å². The number of aromatic nitrogens is 4. The highest BCUT2D eigenvalue weighted by molar-refractivity contribution is 5.84. The number of rotatable bonds is 0. The standard InChI is InChI=1S/C17H20N6O2/c18-14-13-15-22-16(21-14)19-7-2-1-3-8-25-12-6-4-5-11(9-12)10-23(15)17(24)20-13/h4-6,9H,1-3,7-8,10H2,(H,20,24)(H3,18,19,21,22). The number of nitrogen functional groups attached to an aromatic ring is 1. The lowest BCUT2D eigenvalue weighted by atomic mass is 10.2. The summed E-state index contributed by atoms with van der Waals surface area (Å²) in [7, 11) is 0. The fourth-order valence-electron chi connectivity index (χ4n) is 2.95. The Morgan fingerprint density at radius 1 is 1.16 bits per heavy atom. The molecule has 0 fully saturated rings. The van der Waals surface area contributed by atoms with E-state index in [0.29, 0.717) is 30.3 Å². The number of hydrogen-bond acceptors (Lipinski definition) is 7. The van der Waals surface area contributed by atoms with E-state index in [4.69, 9.17) is 10.5 Å². The number of benzene rings is 1. The van der Waals surface area contributed by atoms with Gasteiger partial charge in [0.15, 0.2) is 17.0 Å². The van der Waals surface area contributed by atoms with Crippen molar-refractivity contribution in [1.82, 2.24) is 19.5 Å². The number of anilines is 2. The van der Waals surface area contributed by atoms with Crippen molar-refractivity contribution in [3.8, 4) is 11.8 Å². The van der Waals surface area contributed by atoms with Gasteiger partial charge in [-0.05, 0) is 37.0 Å². The summed E-state index contributed by atoms with van der Waals surface area (Å²) < 4.78 is 7.44. The van der Waals surface area contributed by atoms with Crippen LogP contribution in [0.25, 0.3) is 11.2 Å². The van der Waals surface area contributed by atoms with Gasteiger partial charge in [0.05, 0.1) is 13.2 Å². The molecule has 4 rings (SSSR count). The maximum Gasteiger partial charge on any atom is 0.296 e. The van der Waals surface area contributed by atoms with Crippen molar-refractivity contribution in [3.63, 3.8) is 0 Å². The number of hydrogen-bond donors (Lipinski definition) is 3. The van der Waals surface area contributed by atoms with Crippen molar-refractivity contribution >= 4 is 22.9 Å². The third kappa shape index (κ3) is 3.15. The first-order valence-corrected chi connectivity index (χ1v) is 8.39. The van der Waals surface area contributed by atoms with E-state index in [1.165, 1.54) is 0 Å². The Balaban J connectivity index is 1.80. The number of nitrogens with zero attached hydrogens (tertiary/aromatic N) is 4. The van der Waals surface area contributed by atoms with Crippen LogP contribution in [0.15, 0.2) is 24.3 Å². The highest BCUT2D eigenvalue weighted by Gasteiger charge is 2.17. The van der Waals surface area contributed by atoms with Crippen LogP contribution in [0.1, 0.15) is 24.8 Å². The molecule has 1 aliphatic rings. The van der Waals surface area contributed by atoms with Gasteiger partial charge >= 0.3 is 0 Å². The lowest BCUT2D eigenvalue weighted by molar-refractivity contribution is 0.305. The molecule has 2 aromatic heterocycles. The van der Waals surface area contributed by atoms with Gasteiger partial charge in [0, 0.05) is 6.54 Å². The average Bonchev–Trinajstić information content (AvgIpc) is 2.90. The Hall–Kier alpha value is -3.03. The highest BCUT2D eigenvalue weighted by atomic mass is 16.5. The Labute approximate surface area is 144 Å². The predicted molar refractivity (Wildman–Crippen MR) is 94.8 cm³/mol. The van der Waals surface area contributed by atoms with Crippen molar-refractivity contribution in [2.24, 2.45) is 0 Å². The molecule has 0 saturated carbocycles. The Bertz CT molecular complexity index is 908. The zero-order chi connectivity index (χ0) is 17.2. The van der Waals surface area contributed by atoms with Crippen molar-refractivity contribution < 1.29 is 9.84 Å². The van der Waals surface area contributed by atoms with E-state index in [9.17, 15) is 5.11 Å². The summed E-state index contributed by atoms with van der Waals surface area (Å²) in [5.74, 6) is 1.53. The number of ether oxygens (including phenoxy) is 1. The van der Waals surface area contributed by atoms with E-state index in [1.54, 1.807) is 4.57 Å². The van der Waals surface area contributed by atoms with Crippen LogP contribution in [0, 0.1) is 0 Å². The minimum absolute atomic E-state index is 0.135. The van der Waals surface area contributed by atoms with Crippen LogP contribution in [0.4, 0.5) is 11.8 Å². The van der Waals surface area contributed by atoms with E-state index in [2.05, 4.69) is 20.3 Å². The first-order valence-electron chi connectivity index (χ1n) is 8.39. The summed E-state index contributed by atoms with van der Waals surface area (Å²) in [5, 5.41) is 13.4. The molecule has 3 aromatic rings. The first-order chi connectivity index (χ1) is 12.2. The summed E-state index contributed by atoms with van der Waals surface area (Å²) in [5.41, 5.74) is 7.89. The average molecular weight is 340 g/mol. The molecule has 0 aliphatic carbocycles. The van der Waals surface area contributed by atoms with E-state index in [-0.39, 0.29) is 11.8 Å². The zero-order valence-corrected chi connectivity index (χ0v) is 13.8. The number of nitrogens with two attached hydrogens (primary N) is 1. The Morgan fingerprint density at radius 2 is 2.08 bits per heavy atom. The molecule has 1 aromatic carbocycles. The maximum atomic E-state index is 10.2. The zero-order valence-electron chi connectivity index (χ0n) is 13.8. The third-order valence-electron chi connectivity index (χ3n) is 4.21. The third-order valence-corrected chi connectivity index (χ3v) is 4.21. The molecule has 0 unspecified atom stereocenters. The monoisotopic (exact) mass is 340 g/mol. The molecular formula is C17H20N6O2.